The van der Waals surface area contributed by atoms with E-state index in [0.717, 1.165) is 14.6 Å². The molecule has 0 saturated heterocycles. The third kappa shape index (κ3) is 1.60. The van der Waals surface area contributed by atoms with Gasteiger partial charge in [0.2, 0.25) is 0 Å². The van der Waals surface area contributed by atoms with Crippen molar-refractivity contribution in [1.29, 1.82) is 0 Å². The van der Waals surface area contributed by atoms with Crippen molar-refractivity contribution in [3.05, 3.63) is 34.4 Å². The van der Waals surface area contributed by atoms with Crippen LogP contribution in [0.3, 0.4) is 0 Å². The fraction of sp³-hybridized carbons (Fsp3) is 0.500. The summed E-state index contributed by atoms with van der Waals surface area (Å²) >= 11 is 0. The van der Waals surface area contributed by atoms with Crippen LogP contribution in [-0.4, -0.2) is 0 Å². The molecule has 1 aromatic heterocycles. The van der Waals surface area contributed by atoms with E-state index in [1.165, 1.54) is 25.7 Å². The fourth-order valence-electron chi connectivity index (χ4n) is 2.35. The molecular formula is C12H17P. The number of hydrogen-bond donors (Lipinski definition) is 0. The summed E-state index contributed by atoms with van der Waals surface area (Å²) in [5.41, 5.74) is 3.42. The van der Waals surface area contributed by atoms with E-state index in [0.29, 0.717) is 0 Å². The zero-order chi connectivity index (χ0) is 9.26. The summed E-state index contributed by atoms with van der Waals surface area (Å²) in [5.74, 6) is 0. The number of hydrogen-bond acceptors (Lipinski definition) is 0. The highest BCUT2D eigenvalue weighted by atomic mass is 31.0. The van der Waals surface area contributed by atoms with Gasteiger partial charge in [-0.1, -0.05) is 6.08 Å². The van der Waals surface area contributed by atoms with Crippen molar-refractivity contribution in [2.45, 2.75) is 39.0 Å². The lowest BCUT2D eigenvalue weighted by atomic mass is 9.92. The quantitative estimate of drug-likeness (QED) is 0.627. The van der Waals surface area contributed by atoms with E-state index in [4.69, 9.17) is 0 Å². The minimum atomic E-state index is 0.983. The van der Waals surface area contributed by atoms with E-state index in [-0.39, 0.29) is 0 Å². The maximum Gasteiger partial charge on any atom is -0.00621 e. The second-order valence-electron chi connectivity index (χ2n) is 3.89. The Morgan fingerprint density at radius 2 is 2.00 bits per heavy atom. The fourth-order valence-corrected chi connectivity index (χ4v) is 3.90. The highest BCUT2D eigenvalue weighted by molar-refractivity contribution is 7.32. The van der Waals surface area contributed by atoms with Gasteiger partial charge in [-0.15, -0.1) is 14.8 Å². The van der Waals surface area contributed by atoms with Crippen LogP contribution >= 0.6 is 8.19 Å². The zero-order valence-electron chi connectivity index (χ0n) is 8.32. The lowest BCUT2D eigenvalue weighted by Crippen LogP contribution is -2.01. The Kier molecular flexibility index (Phi) is 2.60. The van der Waals surface area contributed by atoms with Crippen LogP contribution in [0.15, 0.2) is 12.7 Å². The van der Waals surface area contributed by atoms with Crippen LogP contribution in [0.4, 0.5) is 0 Å². The van der Waals surface area contributed by atoms with Crippen molar-refractivity contribution in [3.63, 3.8) is 0 Å². The van der Waals surface area contributed by atoms with Crippen LogP contribution in [0.2, 0.25) is 0 Å². The summed E-state index contributed by atoms with van der Waals surface area (Å²) in [6, 6.07) is 0. The minimum absolute atomic E-state index is 0.983. The molecule has 0 bridgehead atoms. The van der Waals surface area contributed by atoms with Crippen molar-refractivity contribution >= 4 is 8.19 Å². The van der Waals surface area contributed by atoms with E-state index in [1.54, 1.807) is 21.7 Å². The highest BCUT2D eigenvalue weighted by Crippen LogP contribution is 2.37. The van der Waals surface area contributed by atoms with Crippen LogP contribution in [0.25, 0.3) is 0 Å². The summed E-state index contributed by atoms with van der Waals surface area (Å²) in [6.07, 6.45) is 8.66. The third-order valence-electron chi connectivity index (χ3n) is 2.97. The van der Waals surface area contributed by atoms with E-state index in [1.807, 2.05) is 0 Å². The molecule has 2 rings (SSSR count). The molecule has 0 radical (unpaired) electrons. The largest absolute Gasteiger partial charge is 0.133 e. The molecule has 0 fully saturated rings. The van der Waals surface area contributed by atoms with Crippen LogP contribution < -0.4 is 0 Å². The molecule has 0 aliphatic heterocycles. The first-order valence-electron chi connectivity index (χ1n) is 5.13. The molecule has 13 heavy (non-hydrogen) atoms. The average molecular weight is 192 g/mol. The molecule has 0 saturated carbocycles. The smallest absolute Gasteiger partial charge is 0.00621 e. The van der Waals surface area contributed by atoms with Gasteiger partial charge < -0.3 is 0 Å². The molecule has 0 nitrogen and oxygen atoms in total. The Bertz CT molecular complexity index is 320. The van der Waals surface area contributed by atoms with Crippen molar-refractivity contribution in [2.24, 2.45) is 0 Å². The third-order valence-corrected chi connectivity index (χ3v) is 4.46. The molecule has 0 aromatic carbocycles. The minimum Gasteiger partial charge on any atom is -0.133 e. The molecule has 1 unspecified atom stereocenters. The van der Waals surface area contributed by atoms with Gasteiger partial charge in [-0.25, -0.2) is 0 Å². The first kappa shape index (κ1) is 9.09. The lowest BCUT2D eigenvalue weighted by molar-refractivity contribution is 0.684. The van der Waals surface area contributed by atoms with Crippen molar-refractivity contribution in [1.82, 2.24) is 0 Å². The summed E-state index contributed by atoms with van der Waals surface area (Å²) in [4.78, 5) is 0. The van der Waals surface area contributed by atoms with Gasteiger partial charge in [0.1, 0.15) is 0 Å². The van der Waals surface area contributed by atoms with Crippen molar-refractivity contribution in [2.75, 3.05) is 0 Å². The predicted molar refractivity (Wildman–Crippen MR) is 61.2 cm³/mol. The van der Waals surface area contributed by atoms with Crippen LogP contribution in [0.1, 0.15) is 34.6 Å². The van der Waals surface area contributed by atoms with Gasteiger partial charge in [0.15, 0.2) is 0 Å². The monoisotopic (exact) mass is 192 g/mol. The van der Waals surface area contributed by atoms with Crippen molar-refractivity contribution in [3.8, 4) is 0 Å². The molecular weight excluding hydrogens is 175 g/mol. The molecule has 70 valence electrons. The summed E-state index contributed by atoms with van der Waals surface area (Å²) in [5, 5.41) is 3.34. The second kappa shape index (κ2) is 3.72. The number of rotatable bonds is 2. The summed E-state index contributed by atoms with van der Waals surface area (Å²) in [6.45, 7) is 6.15. The van der Waals surface area contributed by atoms with Crippen molar-refractivity contribution < 1.29 is 0 Å². The Labute approximate surface area is 82.1 Å². The van der Waals surface area contributed by atoms with Crippen LogP contribution in [0.5, 0.6) is 0 Å². The molecule has 0 N–H and O–H groups in total. The van der Waals surface area contributed by atoms with Gasteiger partial charge in [-0.05, 0) is 60.7 Å². The Morgan fingerprint density at radius 1 is 1.31 bits per heavy atom. The Balaban J connectivity index is 2.41. The molecule has 1 atom stereocenters. The van der Waals surface area contributed by atoms with Gasteiger partial charge >= 0.3 is 0 Å². The Hall–Kier alpha value is -0.480. The van der Waals surface area contributed by atoms with E-state index < -0.39 is 0 Å². The van der Waals surface area contributed by atoms with Gasteiger partial charge in [-0.2, -0.15) is 0 Å². The number of allylic oxidation sites excluding steroid dienone is 1. The molecule has 0 amide bonds. The normalized spacial score (nSPS) is 16.1. The SMILES string of the molecule is C=CCc1[pH]c(C)c2c1CCCC2. The molecule has 1 heterocycles. The topological polar surface area (TPSA) is 0 Å². The van der Waals surface area contributed by atoms with E-state index in [9.17, 15) is 0 Å². The number of aryl methyl sites for hydroxylation is 1. The molecule has 1 heteroatoms. The first-order chi connectivity index (χ1) is 6.33. The molecule has 1 aliphatic carbocycles. The lowest BCUT2D eigenvalue weighted by Gasteiger charge is -2.13. The Morgan fingerprint density at radius 3 is 2.69 bits per heavy atom. The maximum atomic E-state index is 3.84. The average Bonchev–Trinajstić information content (AvgIpc) is 2.46. The maximum absolute atomic E-state index is 3.84. The van der Waals surface area contributed by atoms with Gasteiger partial charge in [0, 0.05) is 0 Å². The standard InChI is InChI=1S/C12H17P/c1-3-6-12-11-8-5-4-7-10(11)9(2)13-12/h3,13H,1,4-8H2,2H3. The van der Waals surface area contributed by atoms with E-state index >= 15 is 0 Å². The van der Waals surface area contributed by atoms with Gasteiger partial charge in [-0.3, -0.25) is 0 Å². The summed E-state index contributed by atoms with van der Waals surface area (Å²) in [7, 11) is 0.983. The van der Waals surface area contributed by atoms with Crippen LogP contribution in [0, 0.1) is 6.92 Å². The van der Waals surface area contributed by atoms with Gasteiger partial charge in [0.25, 0.3) is 0 Å². The molecule has 1 aromatic rings. The summed E-state index contributed by atoms with van der Waals surface area (Å²) < 4.78 is 0. The second-order valence-corrected chi connectivity index (χ2v) is 5.49. The van der Waals surface area contributed by atoms with E-state index in [2.05, 4.69) is 19.6 Å². The highest BCUT2D eigenvalue weighted by Gasteiger charge is 2.16. The van der Waals surface area contributed by atoms with Crippen LogP contribution in [-0.2, 0) is 19.3 Å². The molecule has 1 aliphatic rings. The predicted octanol–water partition coefficient (Wildman–Crippen LogP) is 3.63. The first-order valence-corrected chi connectivity index (χ1v) is 6.13. The number of fused-ring (bicyclic) bond motifs is 1. The zero-order valence-corrected chi connectivity index (χ0v) is 9.32. The van der Waals surface area contributed by atoms with Gasteiger partial charge in [0.05, 0.1) is 0 Å². The molecule has 0 spiro atoms.